The van der Waals surface area contributed by atoms with Crippen molar-refractivity contribution >= 4 is 59.0 Å². The minimum atomic E-state index is -1.45. The molecule has 0 spiro atoms. The van der Waals surface area contributed by atoms with Gasteiger partial charge in [-0.15, -0.1) is 0 Å². The van der Waals surface area contributed by atoms with E-state index in [1.165, 1.54) is 18.2 Å². The van der Waals surface area contributed by atoms with Crippen molar-refractivity contribution in [2.75, 3.05) is 31.5 Å². The van der Waals surface area contributed by atoms with Gasteiger partial charge in [0.05, 0.1) is 17.0 Å². The number of para-hydroxylation sites is 1. The van der Waals surface area contributed by atoms with E-state index in [1.54, 1.807) is 24.3 Å². The topological polar surface area (TPSA) is 249 Å². The molecule has 2 heterocycles. The van der Waals surface area contributed by atoms with Crippen molar-refractivity contribution in [3.8, 4) is 17.2 Å². The predicted octanol–water partition coefficient (Wildman–Crippen LogP) is 3.25. The Hall–Kier alpha value is -7.96. The molecule has 0 aliphatic carbocycles. The third kappa shape index (κ3) is 9.71. The van der Waals surface area contributed by atoms with E-state index in [-0.39, 0.29) is 101 Å². The number of hydrogen-bond donors (Lipinski definition) is 6. The van der Waals surface area contributed by atoms with E-state index >= 15 is 0 Å². The number of fused-ring (bicyclic) bond motifs is 2. The third-order valence-corrected chi connectivity index (χ3v) is 8.72. The average Bonchev–Trinajstić information content (AvgIpc) is 3.20. The SMILES string of the molecule is C=c1cc2c(cc1F)=C(c1ccc(C(=O)NCCC(=O)NCCNC(=O)CC[N]c3nc(Nc4ccccc4)ncc3[N+](=O)[O-])cc1C(=O)O)c1cc(F)c(O)cc1O2. The maximum absolute atomic E-state index is 14.7. The summed E-state index contributed by atoms with van der Waals surface area (Å²) in [5.74, 6) is -5.61. The molecule has 6 N–H and O–H groups in total. The summed E-state index contributed by atoms with van der Waals surface area (Å²) in [6, 6.07) is 16.9. The molecule has 3 amide bonds. The van der Waals surface area contributed by atoms with Crippen molar-refractivity contribution in [3.05, 3.63) is 133 Å². The number of carbonyl (C=O) groups is 4. The zero-order chi connectivity index (χ0) is 42.2. The molecule has 301 valence electrons. The van der Waals surface area contributed by atoms with E-state index in [0.29, 0.717) is 5.69 Å². The van der Waals surface area contributed by atoms with E-state index in [2.05, 4.69) is 43.1 Å². The maximum atomic E-state index is 14.7. The first-order chi connectivity index (χ1) is 28.3. The van der Waals surface area contributed by atoms with E-state index in [0.717, 1.165) is 30.5 Å². The zero-order valence-corrected chi connectivity index (χ0v) is 30.8. The number of carboxylic acids is 1. The van der Waals surface area contributed by atoms with Crippen molar-refractivity contribution in [2.24, 2.45) is 0 Å². The Morgan fingerprint density at radius 1 is 0.864 bits per heavy atom. The minimum absolute atomic E-state index is 0.00224. The van der Waals surface area contributed by atoms with Gasteiger partial charge in [0, 0.05) is 71.4 Å². The van der Waals surface area contributed by atoms with Gasteiger partial charge in [-0.1, -0.05) is 30.8 Å². The number of amides is 3. The molecule has 0 saturated heterocycles. The molecule has 0 fully saturated rings. The predicted molar refractivity (Wildman–Crippen MR) is 207 cm³/mol. The lowest BCUT2D eigenvalue weighted by atomic mass is 9.88. The number of nitrogens with one attached hydrogen (secondary N) is 4. The van der Waals surface area contributed by atoms with Crippen LogP contribution in [0, 0.1) is 21.7 Å². The monoisotopic (exact) mass is 807 g/mol. The number of nitro groups is 1. The van der Waals surface area contributed by atoms with Gasteiger partial charge in [-0.25, -0.2) is 18.6 Å². The van der Waals surface area contributed by atoms with Crippen LogP contribution in [0.25, 0.3) is 12.2 Å². The molecule has 1 aliphatic heterocycles. The van der Waals surface area contributed by atoms with Gasteiger partial charge in [0.2, 0.25) is 23.6 Å². The van der Waals surface area contributed by atoms with Crippen molar-refractivity contribution in [3.63, 3.8) is 0 Å². The number of anilines is 2. The van der Waals surface area contributed by atoms with Gasteiger partial charge in [0.15, 0.2) is 11.6 Å². The lowest BCUT2D eigenvalue weighted by molar-refractivity contribution is -0.384. The molecule has 1 radical (unpaired) electrons. The largest absolute Gasteiger partial charge is 0.505 e. The van der Waals surface area contributed by atoms with Crippen molar-refractivity contribution in [1.29, 1.82) is 0 Å². The fourth-order valence-corrected chi connectivity index (χ4v) is 5.89. The minimum Gasteiger partial charge on any atom is -0.505 e. The Morgan fingerprint density at radius 3 is 2.31 bits per heavy atom. The number of nitrogens with zero attached hydrogens (tertiary/aromatic N) is 4. The summed E-state index contributed by atoms with van der Waals surface area (Å²) in [4.78, 5) is 69.0. The van der Waals surface area contributed by atoms with Crippen LogP contribution in [0.3, 0.4) is 0 Å². The first kappa shape index (κ1) is 40.7. The second-order valence-electron chi connectivity index (χ2n) is 12.8. The summed E-state index contributed by atoms with van der Waals surface area (Å²) in [6.45, 7) is 3.46. The Labute approximate surface area is 332 Å². The van der Waals surface area contributed by atoms with Crippen molar-refractivity contribution < 1.29 is 47.8 Å². The number of aromatic nitrogens is 2. The number of aromatic carboxylic acids is 1. The number of halogens is 2. The van der Waals surface area contributed by atoms with Gasteiger partial charge in [-0.2, -0.15) is 4.98 Å². The smallest absolute Gasteiger partial charge is 0.336 e. The van der Waals surface area contributed by atoms with Crippen LogP contribution < -0.4 is 41.8 Å². The molecule has 0 atom stereocenters. The number of phenolic OH excluding ortho intramolecular Hbond substituents is 1. The first-order valence-corrected chi connectivity index (χ1v) is 17.7. The van der Waals surface area contributed by atoms with Crippen LogP contribution in [0.5, 0.6) is 17.2 Å². The molecular weight excluding hydrogens is 774 g/mol. The number of aromatic hydroxyl groups is 1. The molecular formula is C40H33F2N8O9. The van der Waals surface area contributed by atoms with Gasteiger partial charge in [0.1, 0.15) is 23.5 Å². The van der Waals surface area contributed by atoms with E-state index < -0.39 is 51.7 Å². The van der Waals surface area contributed by atoms with Crippen LogP contribution in [0.4, 0.5) is 31.9 Å². The maximum Gasteiger partial charge on any atom is 0.336 e. The molecule has 5 aromatic rings. The fraction of sp³-hybridized carbons (Fsp3) is 0.150. The van der Waals surface area contributed by atoms with Crippen LogP contribution in [-0.2, 0) is 9.59 Å². The highest BCUT2D eigenvalue weighted by atomic mass is 19.1. The molecule has 1 aromatic heterocycles. The summed E-state index contributed by atoms with van der Waals surface area (Å²) in [7, 11) is 0. The number of rotatable bonds is 16. The van der Waals surface area contributed by atoms with Crippen LogP contribution in [0.2, 0.25) is 0 Å². The zero-order valence-electron chi connectivity index (χ0n) is 30.8. The van der Waals surface area contributed by atoms with Gasteiger partial charge in [-0.05, 0) is 48.0 Å². The highest BCUT2D eigenvalue weighted by molar-refractivity contribution is 6.02. The molecule has 0 unspecified atom stereocenters. The highest BCUT2D eigenvalue weighted by Gasteiger charge is 2.27. The summed E-state index contributed by atoms with van der Waals surface area (Å²) in [5, 5.41) is 46.4. The molecule has 4 aromatic carbocycles. The van der Waals surface area contributed by atoms with E-state index in [4.69, 9.17) is 4.74 Å². The lowest BCUT2D eigenvalue weighted by Crippen LogP contribution is -2.36. The average molecular weight is 808 g/mol. The molecule has 6 rings (SSSR count). The summed E-state index contributed by atoms with van der Waals surface area (Å²) in [5.41, 5.74) is -0.123. The molecule has 59 heavy (non-hydrogen) atoms. The van der Waals surface area contributed by atoms with Crippen LogP contribution in [0.1, 0.15) is 44.7 Å². The Kier molecular flexibility index (Phi) is 12.3. The number of hydrogen-bond acceptors (Lipinski definition) is 11. The van der Waals surface area contributed by atoms with Crippen LogP contribution in [-0.4, -0.2) is 75.0 Å². The second-order valence-corrected chi connectivity index (χ2v) is 12.8. The van der Waals surface area contributed by atoms with Gasteiger partial charge in [0.25, 0.3) is 5.91 Å². The molecule has 0 bridgehead atoms. The third-order valence-electron chi connectivity index (χ3n) is 8.72. The van der Waals surface area contributed by atoms with Gasteiger partial charge < -0.3 is 36.2 Å². The number of carboxylic acid groups (broad SMARTS) is 1. The van der Waals surface area contributed by atoms with Crippen LogP contribution in [0.15, 0.2) is 79.0 Å². The standard InChI is InChI=1S/C40H33F2N8O9/c1-21-15-32-26(17-28(21)41)36(27-18-29(42)31(51)19-33(27)59-32)24-8-7-22(16-25(24)39(55)56)38(54)46-12-10-35(53)44-14-13-43-34(52)9-11-45-37-30(50(57)58)20-47-40(49-37)48-23-5-3-2-4-6-23/h2-8,15-20,51H,1,9-14H2,(H,43,52)(H,44,53)(H,46,54)(H,55,56)(H,47,48,49). The van der Waals surface area contributed by atoms with Crippen molar-refractivity contribution in [1.82, 2.24) is 31.2 Å². The number of ether oxygens (including phenoxy) is 1. The second kappa shape index (κ2) is 17.9. The fourth-order valence-electron chi connectivity index (χ4n) is 5.89. The van der Waals surface area contributed by atoms with E-state index in [9.17, 15) is 48.3 Å². The normalized spacial score (nSPS) is 11.3. The van der Waals surface area contributed by atoms with E-state index in [1.807, 2.05) is 6.07 Å². The Bertz CT molecular complexity index is 2610. The Balaban J connectivity index is 0.990. The molecule has 17 nitrogen and oxygen atoms in total. The number of phenols is 1. The number of benzene rings is 4. The quantitative estimate of drug-likeness (QED) is 0.0469. The van der Waals surface area contributed by atoms with Gasteiger partial charge >= 0.3 is 11.7 Å². The van der Waals surface area contributed by atoms with Gasteiger partial charge in [-0.3, -0.25) is 29.8 Å². The number of carbonyl (C=O) groups excluding carboxylic acids is 3. The van der Waals surface area contributed by atoms with Crippen LogP contribution >= 0.6 is 0 Å². The summed E-state index contributed by atoms with van der Waals surface area (Å²) in [6.07, 6.45) is 0.735. The highest BCUT2D eigenvalue weighted by Crippen LogP contribution is 2.40. The first-order valence-electron chi connectivity index (χ1n) is 17.7. The lowest BCUT2D eigenvalue weighted by Gasteiger charge is -2.23. The summed E-state index contributed by atoms with van der Waals surface area (Å²) < 4.78 is 35.1. The van der Waals surface area contributed by atoms with Crippen molar-refractivity contribution in [2.45, 2.75) is 12.8 Å². The molecule has 0 saturated carbocycles. The Morgan fingerprint density at radius 2 is 1.59 bits per heavy atom. The molecule has 1 aliphatic rings. The molecule has 19 heteroatoms. The summed E-state index contributed by atoms with van der Waals surface area (Å²) >= 11 is 0.